The summed E-state index contributed by atoms with van der Waals surface area (Å²) in [6, 6.07) is 4.60. The summed E-state index contributed by atoms with van der Waals surface area (Å²) in [5.74, 6) is 0.351. The Morgan fingerprint density at radius 2 is 1.94 bits per heavy atom. The van der Waals surface area contributed by atoms with E-state index in [0.29, 0.717) is 37.8 Å². The van der Waals surface area contributed by atoms with E-state index in [9.17, 15) is 18.0 Å². The van der Waals surface area contributed by atoms with E-state index in [-0.39, 0.29) is 23.3 Å². The summed E-state index contributed by atoms with van der Waals surface area (Å²) in [6.07, 6.45) is -4.44. The number of rotatable bonds is 4. The number of benzene rings is 1. The van der Waals surface area contributed by atoms with Gasteiger partial charge in [0.25, 0.3) is 5.91 Å². The van der Waals surface area contributed by atoms with Gasteiger partial charge < -0.3 is 9.42 Å². The minimum Gasteiger partial charge on any atom is -0.337 e. The highest BCUT2D eigenvalue weighted by atomic mass is 32.1. The predicted molar refractivity (Wildman–Crippen MR) is 107 cm³/mol. The summed E-state index contributed by atoms with van der Waals surface area (Å²) in [7, 11) is 0. The molecule has 1 saturated heterocycles. The fourth-order valence-electron chi connectivity index (χ4n) is 3.45. The summed E-state index contributed by atoms with van der Waals surface area (Å²) in [4.78, 5) is 25.0. The van der Waals surface area contributed by atoms with Crippen molar-refractivity contribution in [3.8, 4) is 11.4 Å². The zero-order valence-electron chi connectivity index (χ0n) is 16.9. The number of nitrogens with zero attached hydrogens (tertiary/aromatic N) is 5. The second-order valence-electron chi connectivity index (χ2n) is 7.29. The van der Waals surface area contributed by atoms with Crippen LogP contribution in [0.2, 0.25) is 0 Å². The fraction of sp³-hybridized carbons (Fsp3) is 0.400. The molecule has 1 amide bonds. The van der Waals surface area contributed by atoms with E-state index < -0.39 is 11.7 Å². The van der Waals surface area contributed by atoms with E-state index in [0.717, 1.165) is 17.1 Å². The lowest BCUT2D eigenvalue weighted by atomic mass is 10.1. The lowest BCUT2D eigenvalue weighted by molar-refractivity contribution is -0.137. The molecular formula is C20H20F3N5O2S. The molecule has 11 heteroatoms. The number of thiazole rings is 1. The maximum Gasteiger partial charge on any atom is 0.416 e. The van der Waals surface area contributed by atoms with Crippen LogP contribution >= 0.6 is 11.3 Å². The van der Waals surface area contributed by atoms with Crippen LogP contribution in [0.4, 0.5) is 13.2 Å². The van der Waals surface area contributed by atoms with Crippen molar-refractivity contribution >= 4 is 17.2 Å². The van der Waals surface area contributed by atoms with Gasteiger partial charge in [-0.2, -0.15) is 18.2 Å². The van der Waals surface area contributed by atoms with Gasteiger partial charge in [0.1, 0.15) is 5.69 Å². The van der Waals surface area contributed by atoms with Crippen LogP contribution in [0.5, 0.6) is 0 Å². The number of piperazine rings is 1. The first kappa shape index (κ1) is 21.4. The Balaban J connectivity index is 1.41. The maximum atomic E-state index is 13.0. The van der Waals surface area contributed by atoms with Crippen molar-refractivity contribution in [3.63, 3.8) is 0 Å². The number of aromatic nitrogens is 3. The van der Waals surface area contributed by atoms with Gasteiger partial charge in [0.2, 0.25) is 11.7 Å². The molecule has 1 aliphatic rings. The van der Waals surface area contributed by atoms with Gasteiger partial charge in [0.15, 0.2) is 0 Å². The Kier molecular flexibility index (Phi) is 5.80. The van der Waals surface area contributed by atoms with Crippen LogP contribution in [0, 0.1) is 6.92 Å². The lowest BCUT2D eigenvalue weighted by Gasteiger charge is -2.36. The van der Waals surface area contributed by atoms with Crippen molar-refractivity contribution in [2.24, 2.45) is 0 Å². The molecule has 7 nitrogen and oxygen atoms in total. The molecule has 0 aliphatic carbocycles. The molecule has 1 aliphatic heterocycles. The Morgan fingerprint density at radius 1 is 1.19 bits per heavy atom. The molecule has 164 valence electrons. The summed E-state index contributed by atoms with van der Waals surface area (Å²) >= 11 is 1.44. The standard InChI is InChI=1S/C20H20F3N5O2S/c1-12(27-6-8-28(9-7-27)19(29)16-11-31-13(2)24-16)18-25-17(26-30-18)14-4-3-5-15(10-14)20(21,22)23/h3-5,10-12H,6-9H2,1-2H3. The SMILES string of the molecule is Cc1nc(C(=O)N2CCN(C(C)c3nc(-c4cccc(C(F)(F)F)c4)no3)CC2)cs1. The zero-order valence-corrected chi connectivity index (χ0v) is 17.7. The second kappa shape index (κ2) is 8.39. The Hall–Kier alpha value is -2.79. The third kappa shape index (κ3) is 4.62. The van der Waals surface area contributed by atoms with Crippen LogP contribution in [0.1, 0.15) is 39.9 Å². The first-order valence-corrected chi connectivity index (χ1v) is 10.6. The largest absolute Gasteiger partial charge is 0.416 e. The summed E-state index contributed by atoms with van der Waals surface area (Å²) in [6.45, 7) is 6.04. The van der Waals surface area contributed by atoms with E-state index in [1.165, 1.54) is 23.5 Å². The molecule has 31 heavy (non-hydrogen) atoms. The van der Waals surface area contributed by atoms with Crippen molar-refractivity contribution in [3.05, 3.63) is 51.8 Å². The van der Waals surface area contributed by atoms with Crippen LogP contribution in [0.3, 0.4) is 0 Å². The number of carbonyl (C=O) groups excluding carboxylic acids is 1. The van der Waals surface area contributed by atoms with Gasteiger partial charge in [0.05, 0.1) is 16.6 Å². The summed E-state index contributed by atoms with van der Waals surface area (Å²) in [5, 5.41) is 6.47. The first-order chi connectivity index (χ1) is 14.7. The number of hydrogen-bond donors (Lipinski definition) is 0. The van der Waals surface area contributed by atoms with Crippen LogP contribution in [-0.2, 0) is 6.18 Å². The second-order valence-corrected chi connectivity index (χ2v) is 8.35. The van der Waals surface area contributed by atoms with Gasteiger partial charge in [-0.1, -0.05) is 17.3 Å². The van der Waals surface area contributed by atoms with Crippen LogP contribution < -0.4 is 0 Å². The number of hydrogen-bond acceptors (Lipinski definition) is 7. The molecule has 0 bridgehead atoms. The number of alkyl halides is 3. The molecule has 2 aromatic heterocycles. The molecular weight excluding hydrogens is 431 g/mol. The van der Waals surface area contributed by atoms with Crippen molar-refractivity contribution < 1.29 is 22.5 Å². The number of aryl methyl sites for hydroxylation is 1. The Bertz CT molecular complexity index is 1070. The van der Waals surface area contributed by atoms with E-state index >= 15 is 0 Å². The van der Waals surface area contributed by atoms with Gasteiger partial charge >= 0.3 is 6.18 Å². The number of amides is 1. The smallest absolute Gasteiger partial charge is 0.337 e. The lowest BCUT2D eigenvalue weighted by Crippen LogP contribution is -2.49. The van der Waals surface area contributed by atoms with Crippen molar-refractivity contribution in [2.75, 3.05) is 26.2 Å². The average Bonchev–Trinajstić information content (AvgIpc) is 3.42. The Labute approximate surface area is 180 Å². The third-order valence-electron chi connectivity index (χ3n) is 5.23. The topological polar surface area (TPSA) is 75.4 Å². The van der Waals surface area contributed by atoms with Crippen molar-refractivity contribution in [1.82, 2.24) is 24.9 Å². The van der Waals surface area contributed by atoms with Gasteiger partial charge in [-0.05, 0) is 26.0 Å². The molecule has 0 N–H and O–H groups in total. The quantitative estimate of drug-likeness (QED) is 0.596. The van der Waals surface area contributed by atoms with E-state index in [1.54, 1.807) is 10.3 Å². The third-order valence-corrected chi connectivity index (χ3v) is 6.01. The van der Waals surface area contributed by atoms with E-state index in [1.807, 2.05) is 13.8 Å². The maximum absolute atomic E-state index is 13.0. The van der Waals surface area contributed by atoms with E-state index in [4.69, 9.17) is 4.52 Å². The molecule has 0 spiro atoms. The summed E-state index contributed by atoms with van der Waals surface area (Å²) in [5.41, 5.74) is -0.0573. The number of carbonyl (C=O) groups is 1. The predicted octanol–water partition coefficient (Wildman–Crippen LogP) is 4.04. The normalized spacial score (nSPS) is 16.5. The number of halogens is 3. The highest BCUT2D eigenvalue weighted by Gasteiger charge is 2.32. The minimum absolute atomic E-state index is 0.0822. The molecule has 4 rings (SSSR count). The summed E-state index contributed by atoms with van der Waals surface area (Å²) < 4.78 is 44.2. The first-order valence-electron chi connectivity index (χ1n) is 9.69. The highest BCUT2D eigenvalue weighted by Crippen LogP contribution is 2.32. The van der Waals surface area contributed by atoms with Gasteiger partial charge in [-0.15, -0.1) is 11.3 Å². The van der Waals surface area contributed by atoms with Crippen LogP contribution in [0.25, 0.3) is 11.4 Å². The molecule has 0 radical (unpaired) electrons. The van der Waals surface area contributed by atoms with E-state index in [2.05, 4.69) is 20.0 Å². The minimum atomic E-state index is -4.44. The highest BCUT2D eigenvalue weighted by molar-refractivity contribution is 7.09. The average molecular weight is 451 g/mol. The fourth-order valence-corrected chi connectivity index (χ4v) is 4.04. The van der Waals surface area contributed by atoms with Crippen LogP contribution in [0.15, 0.2) is 34.2 Å². The Morgan fingerprint density at radius 3 is 2.58 bits per heavy atom. The molecule has 1 atom stereocenters. The van der Waals surface area contributed by atoms with Gasteiger partial charge in [-0.25, -0.2) is 4.98 Å². The van der Waals surface area contributed by atoms with Crippen molar-refractivity contribution in [1.29, 1.82) is 0 Å². The van der Waals surface area contributed by atoms with Crippen LogP contribution in [-0.4, -0.2) is 57.0 Å². The molecule has 3 aromatic rings. The molecule has 1 fully saturated rings. The molecule has 1 unspecified atom stereocenters. The van der Waals surface area contributed by atoms with Gasteiger partial charge in [-0.3, -0.25) is 9.69 Å². The van der Waals surface area contributed by atoms with Gasteiger partial charge in [0, 0.05) is 37.1 Å². The molecule has 1 aromatic carbocycles. The monoisotopic (exact) mass is 451 g/mol. The van der Waals surface area contributed by atoms with Crippen molar-refractivity contribution in [2.45, 2.75) is 26.1 Å². The zero-order chi connectivity index (χ0) is 22.2. The molecule has 3 heterocycles. The molecule has 0 saturated carbocycles.